The number of hydrogen-bond acceptors (Lipinski definition) is 8. The lowest BCUT2D eigenvalue weighted by molar-refractivity contribution is 0.455. The molecule has 194 valence electrons. The van der Waals surface area contributed by atoms with Crippen molar-refractivity contribution in [1.82, 2.24) is 9.97 Å². The molecule has 3 N–H and O–H groups in total. The van der Waals surface area contributed by atoms with Gasteiger partial charge in [-0.1, -0.05) is 24.3 Å². The van der Waals surface area contributed by atoms with Gasteiger partial charge in [0.05, 0.1) is 11.0 Å². The van der Waals surface area contributed by atoms with Gasteiger partial charge in [0, 0.05) is 34.8 Å². The molecule has 0 saturated heterocycles. The first-order valence-electron chi connectivity index (χ1n) is 10.6. The molecule has 0 aliphatic heterocycles. The summed E-state index contributed by atoms with van der Waals surface area (Å²) in [5.74, 6) is -0.0000297. The van der Waals surface area contributed by atoms with Crippen LogP contribution >= 0.6 is 0 Å². The first kappa shape index (κ1) is 25.8. The molecule has 3 aromatic carbocycles. The van der Waals surface area contributed by atoms with E-state index >= 15 is 0 Å². The maximum Gasteiger partial charge on any atom is 0.357 e. The topological polar surface area (TPSA) is 173 Å². The molecule has 0 aliphatic rings. The van der Waals surface area contributed by atoms with Crippen LogP contribution in [-0.4, -0.2) is 40.5 Å². The van der Waals surface area contributed by atoms with Crippen LogP contribution in [0.4, 0.5) is 0 Å². The van der Waals surface area contributed by atoms with E-state index in [0.29, 0.717) is 22.0 Å². The van der Waals surface area contributed by atoms with Gasteiger partial charge in [-0.25, -0.2) is 0 Å². The third-order valence-electron chi connectivity index (χ3n) is 5.64. The summed E-state index contributed by atoms with van der Waals surface area (Å²) in [4.78, 5) is 8.45. The number of pyridine rings is 2. The highest BCUT2D eigenvalue weighted by Gasteiger charge is 2.21. The number of fused-ring (bicyclic) bond motifs is 3. The van der Waals surface area contributed by atoms with Crippen LogP contribution in [0.1, 0.15) is 0 Å². The third kappa shape index (κ3) is 5.13. The molecular weight excluding hydrogens is 556 g/mol. The average molecular weight is 573 g/mol. The summed E-state index contributed by atoms with van der Waals surface area (Å²) in [6, 6.07) is 17.1. The van der Waals surface area contributed by atoms with Gasteiger partial charge in [0.15, 0.2) is 0 Å². The molecule has 2 unspecified atom stereocenters. The SMILES string of the molecule is O=S(O)Oc1ccc(-c2ccnc3c2ccc2c(-c4ccc(OS(=O)O)cc4S(=O)(=O)O)ccnc23)cc1. The number of nitrogens with zero attached hydrogens (tertiary/aromatic N) is 2. The standard InChI is InChI=1S/C24H16N2O9S3/c27-36(28)34-15-3-1-14(2-4-15)17-9-11-25-23-20(17)7-8-21-18(10-12-26-24(21)23)19-6-5-16(35-37(29)30)13-22(19)38(31,32)33/h1-13H,(H,27,28)(H,29,30)(H,31,32,33). The van der Waals surface area contributed by atoms with E-state index in [1.165, 1.54) is 18.3 Å². The highest BCUT2D eigenvalue weighted by Crippen LogP contribution is 2.38. The smallest absolute Gasteiger partial charge is 0.357 e. The summed E-state index contributed by atoms with van der Waals surface area (Å²) >= 11 is -5.13. The fraction of sp³-hybridized carbons (Fsp3) is 0. The molecule has 11 nitrogen and oxygen atoms in total. The fourth-order valence-electron chi connectivity index (χ4n) is 4.16. The molecule has 2 atom stereocenters. The van der Waals surface area contributed by atoms with Crippen molar-refractivity contribution in [2.75, 3.05) is 0 Å². The van der Waals surface area contributed by atoms with Crippen molar-refractivity contribution in [3.63, 3.8) is 0 Å². The lowest BCUT2D eigenvalue weighted by Crippen LogP contribution is -2.04. The van der Waals surface area contributed by atoms with E-state index in [-0.39, 0.29) is 17.1 Å². The molecule has 0 saturated carbocycles. The molecule has 5 rings (SSSR count). The summed E-state index contributed by atoms with van der Waals surface area (Å²) in [5.41, 5.74) is 3.14. The molecule has 0 fully saturated rings. The molecule has 2 aromatic heterocycles. The third-order valence-corrected chi connectivity index (χ3v) is 7.21. The molecule has 5 aromatic rings. The van der Waals surface area contributed by atoms with Gasteiger partial charge in [0.25, 0.3) is 10.1 Å². The first-order chi connectivity index (χ1) is 18.1. The minimum atomic E-state index is -4.75. The van der Waals surface area contributed by atoms with Crippen LogP contribution in [0, 0.1) is 0 Å². The lowest BCUT2D eigenvalue weighted by Gasteiger charge is -2.13. The van der Waals surface area contributed by atoms with Crippen LogP contribution in [0.15, 0.2) is 84.0 Å². The van der Waals surface area contributed by atoms with Crippen molar-refractivity contribution >= 4 is 54.6 Å². The van der Waals surface area contributed by atoms with Gasteiger partial charge < -0.3 is 8.37 Å². The van der Waals surface area contributed by atoms with Gasteiger partial charge >= 0.3 is 22.7 Å². The summed E-state index contributed by atoms with van der Waals surface area (Å²) < 4.78 is 83.5. The quantitative estimate of drug-likeness (QED) is 0.143. The highest BCUT2D eigenvalue weighted by molar-refractivity contribution is 7.86. The van der Waals surface area contributed by atoms with Crippen molar-refractivity contribution in [3.8, 4) is 33.8 Å². The molecule has 38 heavy (non-hydrogen) atoms. The zero-order valence-corrected chi connectivity index (χ0v) is 21.4. The minimum absolute atomic E-state index is 0.128. The first-order valence-corrected chi connectivity index (χ1v) is 14.1. The minimum Gasteiger partial charge on any atom is -0.380 e. The Balaban J connectivity index is 1.68. The fourth-order valence-corrected chi connectivity index (χ4v) is 5.42. The number of rotatable bonds is 7. The second kappa shape index (κ2) is 10.2. The van der Waals surface area contributed by atoms with E-state index in [4.69, 9.17) is 13.3 Å². The lowest BCUT2D eigenvalue weighted by atomic mass is 9.96. The van der Waals surface area contributed by atoms with Gasteiger partial charge in [-0.15, -0.1) is 0 Å². The van der Waals surface area contributed by atoms with E-state index in [9.17, 15) is 21.4 Å². The molecule has 0 bridgehead atoms. The Bertz CT molecular complexity index is 1860. The summed E-state index contributed by atoms with van der Waals surface area (Å²) in [5, 5.41) is 1.29. The molecule has 2 heterocycles. The van der Waals surface area contributed by atoms with Crippen LogP contribution in [0.3, 0.4) is 0 Å². The van der Waals surface area contributed by atoms with Crippen molar-refractivity contribution in [1.29, 1.82) is 0 Å². The monoisotopic (exact) mass is 572 g/mol. The Morgan fingerprint density at radius 2 is 1.18 bits per heavy atom. The van der Waals surface area contributed by atoms with Gasteiger partial charge in [-0.2, -0.15) is 16.8 Å². The molecule has 0 radical (unpaired) electrons. The Labute approximate surface area is 220 Å². The maximum atomic E-state index is 12.2. The van der Waals surface area contributed by atoms with E-state index < -0.39 is 37.7 Å². The van der Waals surface area contributed by atoms with Crippen molar-refractivity contribution in [2.45, 2.75) is 4.90 Å². The largest absolute Gasteiger partial charge is 0.380 e. The van der Waals surface area contributed by atoms with Crippen molar-refractivity contribution in [2.24, 2.45) is 0 Å². The van der Waals surface area contributed by atoms with Crippen LogP contribution < -0.4 is 8.37 Å². The normalized spacial score (nSPS) is 13.3. The zero-order valence-electron chi connectivity index (χ0n) is 18.9. The molecule has 14 heteroatoms. The number of hydrogen-bond donors (Lipinski definition) is 3. The molecular formula is C24H16N2O9S3. The van der Waals surface area contributed by atoms with E-state index in [1.807, 2.05) is 0 Å². The summed E-state index contributed by atoms with van der Waals surface area (Å²) in [7, 11) is -4.75. The average Bonchev–Trinajstić information content (AvgIpc) is 2.87. The van der Waals surface area contributed by atoms with Gasteiger partial charge in [0.2, 0.25) is 0 Å². The molecule has 0 aliphatic carbocycles. The van der Waals surface area contributed by atoms with Crippen LogP contribution in [0.5, 0.6) is 11.5 Å². The second-order valence-corrected chi connectivity index (χ2v) is 10.4. The predicted molar refractivity (Wildman–Crippen MR) is 141 cm³/mol. The molecule has 0 spiro atoms. The van der Waals surface area contributed by atoms with Gasteiger partial charge in [0.1, 0.15) is 16.4 Å². The number of benzene rings is 3. The Hall–Kier alpha value is -3.79. The number of aromatic nitrogens is 2. The van der Waals surface area contributed by atoms with E-state index in [0.717, 1.165) is 22.6 Å². The van der Waals surface area contributed by atoms with E-state index in [1.54, 1.807) is 54.7 Å². The summed E-state index contributed by atoms with van der Waals surface area (Å²) in [6.45, 7) is 0. The Kier molecular flexibility index (Phi) is 6.92. The summed E-state index contributed by atoms with van der Waals surface area (Å²) in [6.07, 6.45) is 3.08. The highest BCUT2D eigenvalue weighted by atomic mass is 32.2. The Morgan fingerprint density at radius 3 is 1.76 bits per heavy atom. The Morgan fingerprint density at radius 1 is 0.658 bits per heavy atom. The van der Waals surface area contributed by atoms with Crippen molar-refractivity contribution < 1.29 is 38.9 Å². The van der Waals surface area contributed by atoms with Crippen LogP contribution in [0.25, 0.3) is 44.1 Å². The van der Waals surface area contributed by atoms with Crippen molar-refractivity contribution in [3.05, 3.63) is 79.1 Å². The van der Waals surface area contributed by atoms with Gasteiger partial charge in [-0.3, -0.25) is 23.6 Å². The van der Waals surface area contributed by atoms with Crippen LogP contribution in [0.2, 0.25) is 0 Å². The van der Waals surface area contributed by atoms with Crippen LogP contribution in [-0.2, 0) is 32.8 Å². The maximum absolute atomic E-state index is 12.2. The molecule has 0 amide bonds. The van der Waals surface area contributed by atoms with Gasteiger partial charge in [-0.05, 0) is 53.1 Å². The predicted octanol–water partition coefficient (Wildman–Crippen LogP) is 4.39. The zero-order chi connectivity index (χ0) is 27.0. The van der Waals surface area contributed by atoms with E-state index in [2.05, 4.69) is 14.2 Å². The second-order valence-electron chi connectivity index (χ2n) is 7.83.